The van der Waals surface area contributed by atoms with Crippen LogP contribution >= 0.6 is 22.9 Å². The van der Waals surface area contributed by atoms with E-state index in [9.17, 15) is 4.79 Å². The van der Waals surface area contributed by atoms with Crippen molar-refractivity contribution >= 4 is 34.9 Å². The van der Waals surface area contributed by atoms with Crippen molar-refractivity contribution < 1.29 is 14.3 Å². The molecular formula is C30H30ClN5O3S. The minimum atomic E-state index is -0.547. The molecule has 8 nitrogen and oxygen atoms in total. The Morgan fingerprint density at radius 3 is 2.85 bits per heavy atom. The summed E-state index contributed by atoms with van der Waals surface area (Å²) in [5.41, 5.74) is 9.66. The van der Waals surface area contributed by atoms with Crippen molar-refractivity contribution in [2.24, 2.45) is 5.73 Å². The maximum absolute atomic E-state index is 12.4. The Morgan fingerprint density at radius 1 is 1.23 bits per heavy atom. The number of ether oxygens (including phenoxy) is 2. The molecule has 4 heterocycles. The van der Waals surface area contributed by atoms with E-state index in [1.165, 1.54) is 11.3 Å². The van der Waals surface area contributed by atoms with Crippen molar-refractivity contribution in [1.82, 2.24) is 19.9 Å². The summed E-state index contributed by atoms with van der Waals surface area (Å²) in [6.45, 7) is 3.76. The van der Waals surface area contributed by atoms with Crippen LogP contribution in [0.5, 0.6) is 11.5 Å². The van der Waals surface area contributed by atoms with E-state index in [-0.39, 0.29) is 12.0 Å². The Morgan fingerprint density at radius 2 is 2.08 bits per heavy atom. The van der Waals surface area contributed by atoms with Gasteiger partial charge in [0.2, 0.25) is 0 Å². The number of allylic oxidation sites excluding steroid dienone is 1. The average molecular weight is 576 g/mol. The second-order valence-corrected chi connectivity index (χ2v) is 11.4. The number of fused-ring (bicyclic) bond motifs is 1. The molecule has 3 aromatic heterocycles. The number of primary amides is 1. The predicted octanol–water partition coefficient (Wildman–Crippen LogP) is 5.71. The molecule has 1 aliphatic carbocycles. The normalized spacial score (nSPS) is 17.8. The molecule has 206 valence electrons. The summed E-state index contributed by atoms with van der Waals surface area (Å²) in [7, 11) is 0. The third-order valence-electron chi connectivity index (χ3n) is 7.36. The standard InChI is InChI=1S/C30H30ClN5O3S/c1-18(22-5-2-6-25(28(22)31)39-21-9-12-33-13-10-21)38-26-15-27(40-29(26)30(32)37)36-17-35-23-14-19(7-8-24(23)36)20-4-3-11-34-16-20/h2-8,11,15-19,21,33H,9-10,12-14H2,1H3,(H2,32,37). The number of benzene rings is 1. The van der Waals surface area contributed by atoms with Crippen LogP contribution in [-0.2, 0) is 6.42 Å². The molecule has 3 N–H and O–H groups in total. The lowest BCUT2D eigenvalue weighted by Crippen LogP contribution is -2.34. The Labute approximate surface area is 241 Å². The lowest BCUT2D eigenvalue weighted by molar-refractivity contribution is 0.0998. The molecule has 6 rings (SSSR count). The number of hydrogen-bond acceptors (Lipinski definition) is 7. The number of amides is 1. The van der Waals surface area contributed by atoms with Crippen molar-refractivity contribution in [3.63, 3.8) is 0 Å². The van der Waals surface area contributed by atoms with E-state index in [2.05, 4.69) is 33.5 Å². The zero-order chi connectivity index (χ0) is 27.6. The van der Waals surface area contributed by atoms with Crippen LogP contribution in [0.3, 0.4) is 0 Å². The average Bonchev–Trinajstić information content (AvgIpc) is 3.59. The first-order chi connectivity index (χ1) is 19.5. The van der Waals surface area contributed by atoms with Crippen LogP contribution in [0.15, 0.2) is 61.2 Å². The van der Waals surface area contributed by atoms with Crippen molar-refractivity contribution in [3.05, 3.63) is 93.6 Å². The molecule has 10 heteroatoms. The minimum absolute atomic E-state index is 0.126. The molecule has 1 aliphatic heterocycles. The molecular weight excluding hydrogens is 546 g/mol. The number of rotatable bonds is 8. The van der Waals surface area contributed by atoms with Crippen LogP contribution in [0.2, 0.25) is 5.02 Å². The van der Waals surface area contributed by atoms with Gasteiger partial charge in [0.05, 0.1) is 16.4 Å². The van der Waals surface area contributed by atoms with E-state index >= 15 is 0 Å². The molecule has 2 aliphatic rings. The highest BCUT2D eigenvalue weighted by Crippen LogP contribution is 2.40. The van der Waals surface area contributed by atoms with Crippen LogP contribution in [0.25, 0.3) is 11.1 Å². The predicted molar refractivity (Wildman–Crippen MR) is 157 cm³/mol. The van der Waals surface area contributed by atoms with Gasteiger partial charge >= 0.3 is 0 Å². The van der Waals surface area contributed by atoms with Crippen molar-refractivity contribution in [3.8, 4) is 16.5 Å². The lowest BCUT2D eigenvalue weighted by Gasteiger charge is -2.25. The number of thiophene rings is 1. The third kappa shape index (κ3) is 5.37. The summed E-state index contributed by atoms with van der Waals surface area (Å²) < 4.78 is 14.5. The van der Waals surface area contributed by atoms with Gasteiger partial charge in [0.15, 0.2) is 0 Å². The fourth-order valence-electron chi connectivity index (χ4n) is 5.23. The van der Waals surface area contributed by atoms with E-state index in [0.29, 0.717) is 21.4 Å². The molecule has 1 amide bonds. The second kappa shape index (κ2) is 11.4. The summed E-state index contributed by atoms with van der Waals surface area (Å²) in [4.78, 5) is 21.7. The zero-order valence-corrected chi connectivity index (χ0v) is 23.6. The van der Waals surface area contributed by atoms with Crippen LogP contribution in [0.4, 0.5) is 0 Å². The first-order valence-corrected chi connectivity index (χ1v) is 14.6. The van der Waals surface area contributed by atoms with E-state index in [4.69, 9.17) is 26.8 Å². The number of carbonyl (C=O) groups excluding carboxylic acids is 1. The molecule has 40 heavy (non-hydrogen) atoms. The molecule has 0 bridgehead atoms. The highest BCUT2D eigenvalue weighted by molar-refractivity contribution is 7.16. The molecule has 0 saturated carbocycles. The number of imidazole rings is 1. The van der Waals surface area contributed by atoms with E-state index in [1.54, 1.807) is 12.5 Å². The largest absolute Gasteiger partial charge is 0.489 e. The Hall–Kier alpha value is -3.66. The number of halogens is 1. The van der Waals surface area contributed by atoms with E-state index in [0.717, 1.165) is 59.9 Å². The van der Waals surface area contributed by atoms with Gasteiger partial charge in [-0.25, -0.2) is 4.98 Å². The minimum Gasteiger partial charge on any atom is -0.489 e. The van der Waals surface area contributed by atoms with Gasteiger partial charge in [0, 0.05) is 36.4 Å². The maximum atomic E-state index is 12.4. The Bertz CT molecular complexity index is 1540. The van der Waals surface area contributed by atoms with Crippen LogP contribution in [-0.4, -0.2) is 39.6 Å². The topological polar surface area (TPSA) is 104 Å². The monoisotopic (exact) mass is 575 g/mol. The number of aromatic nitrogens is 3. The van der Waals surface area contributed by atoms with Crippen molar-refractivity contribution in [2.75, 3.05) is 13.1 Å². The molecule has 0 spiro atoms. The van der Waals surface area contributed by atoms with Crippen molar-refractivity contribution in [2.45, 2.75) is 44.3 Å². The summed E-state index contributed by atoms with van der Waals surface area (Å²) in [6, 6.07) is 11.6. The van der Waals surface area contributed by atoms with E-state index in [1.807, 2.05) is 48.0 Å². The molecule has 1 saturated heterocycles. The van der Waals surface area contributed by atoms with Crippen LogP contribution in [0, 0.1) is 0 Å². The lowest BCUT2D eigenvalue weighted by atomic mass is 9.91. The second-order valence-electron chi connectivity index (χ2n) is 10.0. The molecule has 4 aromatic rings. The number of hydrogen-bond donors (Lipinski definition) is 2. The van der Waals surface area contributed by atoms with Gasteiger partial charge in [0.25, 0.3) is 5.91 Å². The summed E-state index contributed by atoms with van der Waals surface area (Å²) in [6.07, 6.45) is 12.0. The van der Waals surface area contributed by atoms with Gasteiger partial charge in [-0.05, 0) is 56.6 Å². The highest BCUT2D eigenvalue weighted by atomic mass is 35.5. The summed E-state index contributed by atoms with van der Waals surface area (Å²) >= 11 is 8.06. The maximum Gasteiger partial charge on any atom is 0.262 e. The Kier molecular flexibility index (Phi) is 7.60. The van der Waals surface area contributed by atoms with Gasteiger partial charge in [-0.15, -0.1) is 11.3 Å². The summed E-state index contributed by atoms with van der Waals surface area (Å²) in [5.74, 6) is 0.724. The number of piperidine rings is 1. The molecule has 2 atom stereocenters. The first-order valence-electron chi connectivity index (χ1n) is 13.4. The molecule has 0 radical (unpaired) electrons. The molecule has 1 fully saturated rings. The molecule has 2 unspecified atom stereocenters. The van der Waals surface area contributed by atoms with Gasteiger partial charge in [-0.2, -0.15) is 0 Å². The van der Waals surface area contributed by atoms with Crippen LogP contribution < -0.4 is 20.5 Å². The van der Waals surface area contributed by atoms with E-state index < -0.39 is 12.0 Å². The quantitative estimate of drug-likeness (QED) is 0.279. The van der Waals surface area contributed by atoms with Crippen molar-refractivity contribution in [1.29, 1.82) is 0 Å². The summed E-state index contributed by atoms with van der Waals surface area (Å²) in [5, 5.41) is 4.65. The van der Waals surface area contributed by atoms with Gasteiger partial charge in [-0.3, -0.25) is 14.3 Å². The number of pyridine rings is 1. The number of nitrogens with zero attached hydrogens (tertiary/aromatic N) is 3. The SMILES string of the molecule is CC(Oc1cc(-n2cnc3c2C=CC(c2cccnc2)C3)sc1C(N)=O)c1cccc(OC2CCNCC2)c1Cl. The Balaban J connectivity index is 1.24. The van der Waals surface area contributed by atoms with Gasteiger partial charge < -0.3 is 20.5 Å². The van der Waals surface area contributed by atoms with Gasteiger partial charge in [0.1, 0.15) is 39.9 Å². The first kappa shape index (κ1) is 26.6. The highest BCUT2D eigenvalue weighted by Gasteiger charge is 2.25. The molecule has 1 aromatic carbocycles. The number of nitrogens with one attached hydrogen (secondary N) is 1. The fourth-order valence-corrected chi connectivity index (χ4v) is 6.48. The zero-order valence-electron chi connectivity index (χ0n) is 22.0. The fraction of sp³-hybridized carbons (Fsp3) is 0.300. The van der Waals surface area contributed by atoms with Crippen LogP contribution in [0.1, 0.15) is 64.0 Å². The third-order valence-corrected chi connectivity index (χ3v) is 8.89. The number of carbonyl (C=O) groups is 1. The number of nitrogens with two attached hydrogens (primary N) is 1. The smallest absolute Gasteiger partial charge is 0.262 e. The van der Waals surface area contributed by atoms with Gasteiger partial charge in [-0.1, -0.05) is 35.9 Å².